The highest BCUT2D eigenvalue weighted by molar-refractivity contribution is 5.85. The molecule has 5 nitrogen and oxygen atoms in total. The summed E-state index contributed by atoms with van der Waals surface area (Å²) < 4.78 is 13.6. The second-order valence-corrected chi connectivity index (χ2v) is 10.2. The fourth-order valence-corrected chi connectivity index (χ4v) is 6.15. The molecule has 2 heterocycles. The quantitative estimate of drug-likeness (QED) is 0.753. The van der Waals surface area contributed by atoms with Gasteiger partial charge in [-0.25, -0.2) is 9.37 Å². The predicted molar refractivity (Wildman–Crippen MR) is 126 cm³/mol. The molecule has 3 fully saturated rings. The molecule has 0 unspecified atom stereocenters. The van der Waals surface area contributed by atoms with E-state index in [1.807, 2.05) is 6.07 Å². The Morgan fingerprint density at radius 2 is 1.91 bits per heavy atom. The van der Waals surface area contributed by atoms with Crippen LogP contribution in [0.1, 0.15) is 61.5 Å². The van der Waals surface area contributed by atoms with E-state index in [1.165, 1.54) is 25.3 Å². The van der Waals surface area contributed by atoms with E-state index >= 15 is 0 Å². The van der Waals surface area contributed by atoms with Crippen LogP contribution in [-0.4, -0.2) is 47.1 Å². The molecule has 7 heteroatoms. The number of aromatic amines is 1. The third kappa shape index (κ3) is 4.08. The van der Waals surface area contributed by atoms with Crippen molar-refractivity contribution in [3.63, 3.8) is 0 Å². The highest BCUT2D eigenvalue weighted by Crippen LogP contribution is 2.54. The van der Waals surface area contributed by atoms with Crippen LogP contribution in [0.3, 0.4) is 0 Å². The number of fused-ring (bicyclic) bond motifs is 1. The van der Waals surface area contributed by atoms with E-state index in [0.29, 0.717) is 17.4 Å². The van der Waals surface area contributed by atoms with Crippen molar-refractivity contribution < 1.29 is 4.39 Å². The van der Waals surface area contributed by atoms with E-state index in [-0.39, 0.29) is 23.8 Å². The zero-order valence-corrected chi connectivity index (χ0v) is 19.3. The predicted octanol–water partition coefficient (Wildman–Crippen LogP) is 4.06. The largest absolute Gasteiger partial charge is 0.369 e. The minimum atomic E-state index is -0.169. The fourth-order valence-electron chi connectivity index (χ4n) is 6.15. The number of piperazine rings is 1. The number of hydrogen-bond acceptors (Lipinski definition) is 4. The summed E-state index contributed by atoms with van der Waals surface area (Å²) in [7, 11) is 0. The van der Waals surface area contributed by atoms with Crippen molar-refractivity contribution in [2.45, 2.75) is 63.3 Å². The first-order chi connectivity index (χ1) is 15.1. The molecule has 0 bridgehead atoms. The Hall–Kier alpha value is -1.92. The molecule has 32 heavy (non-hydrogen) atoms. The normalized spacial score (nSPS) is 26.6. The Bertz CT molecular complexity index is 1040. The Balaban J connectivity index is 0.00000216. The van der Waals surface area contributed by atoms with E-state index < -0.39 is 0 Å². The van der Waals surface area contributed by atoms with Crippen LogP contribution in [0.25, 0.3) is 0 Å². The number of benzene rings is 1. The van der Waals surface area contributed by atoms with E-state index in [0.717, 1.165) is 81.1 Å². The first kappa shape index (κ1) is 21.9. The van der Waals surface area contributed by atoms with E-state index in [4.69, 9.17) is 4.98 Å². The Morgan fingerprint density at radius 1 is 1.09 bits per heavy atom. The highest BCUT2D eigenvalue weighted by Gasteiger charge is 2.46. The average Bonchev–Trinajstić information content (AvgIpc) is 3.34. The van der Waals surface area contributed by atoms with Crippen LogP contribution in [0.4, 0.5) is 10.1 Å². The van der Waals surface area contributed by atoms with Crippen LogP contribution in [0.15, 0.2) is 29.1 Å². The van der Waals surface area contributed by atoms with E-state index in [2.05, 4.69) is 14.8 Å². The van der Waals surface area contributed by atoms with Gasteiger partial charge in [-0.15, -0.1) is 12.4 Å². The molecule has 1 aromatic carbocycles. The molecule has 1 aliphatic heterocycles. The lowest BCUT2D eigenvalue weighted by Crippen LogP contribution is -2.49. The molecular formula is C25H32ClFN4O. The van der Waals surface area contributed by atoms with Crippen molar-refractivity contribution in [2.75, 3.05) is 31.1 Å². The maximum absolute atomic E-state index is 13.6. The first-order valence-corrected chi connectivity index (χ1v) is 12.0. The molecule has 2 aromatic rings. The van der Waals surface area contributed by atoms with Crippen molar-refractivity contribution in [3.8, 4) is 0 Å². The van der Waals surface area contributed by atoms with E-state index in [9.17, 15) is 9.18 Å². The summed E-state index contributed by atoms with van der Waals surface area (Å²) in [6, 6.07) is 7.46. The van der Waals surface area contributed by atoms with Gasteiger partial charge in [-0.3, -0.25) is 9.69 Å². The second kappa shape index (κ2) is 8.45. The van der Waals surface area contributed by atoms with Gasteiger partial charge in [0.05, 0.1) is 5.69 Å². The van der Waals surface area contributed by atoms with Crippen LogP contribution in [0.2, 0.25) is 0 Å². The number of halogens is 2. The zero-order chi connectivity index (χ0) is 21.0. The summed E-state index contributed by atoms with van der Waals surface area (Å²) in [4.78, 5) is 25.8. The van der Waals surface area contributed by atoms with Crippen LogP contribution in [0.5, 0.6) is 0 Å². The van der Waals surface area contributed by atoms with Gasteiger partial charge >= 0.3 is 0 Å². The Labute approximate surface area is 194 Å². The summed E-state index contributed by atoms with van der Waals surface area (Å²) >= 11 is 0. The zero-order valence-electron chi connectivity index (χ0n) is 18.5. The maximum atomic E-state index is 13.6. The van der Waals surface area contributed by atoms with Crippen LogP contribution >= 0.6 is 12.4 Å². The van der Waals surface area contributed by atoms with Crippen molar-refractivity contribution in [2.24, 2.45) is 5.41 Å². The summed E-state index contributed by atoms with van der Waals surface area (Å²) in [6.07, 6.45) is 9.02. The monoisotopic (exact) mass is 458 g/mol. The van der Waals surface area contributed by atoms with Gasteiger partial charge in [-0.2, -0.15) is 0 Å². The minimum absolute atomic E-state index is 0. The lowest BCUT2D eigenvalue weighted by atomic mass is 9.84. The third-order valence-corrected chi connectivity index (χ3v) is 8.32. The second-order valence-electron chi connectivity index (χ2n) is 10.2. The van der Waals surface area contributed by atoms with Crippen LogP contribution in [0, 0.1) is 11.2 Å². The molecule has 6 rings (SSSR count). The van der Waals surface area contributed by atoms with Gasteiger partial charge in [0, 0.05) is 49.4 Å². The first-order valence-electron chi connectivity index (χ1n) is 12.0. The van der Waals surface area contributed by atoms with Gasteiger partial charge in [0.2, 0.25) is 0 Å². The number of nitrogens with zero attached hydrogens (tertiary/aromatic N) is 3. The molecule has 0 radical (unpaired) electrons. The molecule has 1 N–H and O–H groups in total. The van der Waals surface area contributed by atoms with Crippen molar-refractivity contribution in [1.29, 1.82) is 0 Å². The van der Waals surface area contributed by atoms with Gasteiger partial charge in [0.1, 0.15) is 11.6 Å². The molecule has 1 saturated heterocycles. The minimum Gasteiger partial charge on any atom is -0.369 e. The number of aromatic nitrogens is 2. The van der Waals surface area contributed by atoms with Gasteiger partial charge in [0.15, 0.2) is 0 Å². The third-order valence-electron chi connectivity index (χ3n) is 8.32. The van der Waals surface area contributed by atoms with Crippen molar-refractivity contribution in [1.82, 2.24) is 14.9 Å². The molecule has 4 aliphatic rings. The number of H-pyrrole nitrogens is 1. The topological polar surface area (TPSA) is 52.2 Å². The molecular weight excluding hydrogens is 427 g/mol. The fraction of sp³-hybridized carbons (Fsp3) is 0.600. The number of nitrogens with one attached hydrogen (secondary N) is 1. The molecule has 0 amide bonds. The lowest BCUT2D eigenvalue weighted by molar-refractivity contribution is 0.186. The van der Waals surface area contributed by atoms with E-state index in [1.54, 1.807) is 12.1 Å². The average molecular weight is 459 g/mol. The molecule has 2 saturated carbocycles. The number of hydrogen-bond donors (Lipinski definition) is 1. The van der Waals surface area contributed by atoms with Gasteiger partial charge < -0.3 is 9.88 Å². The van der Waals surface area contributed by atoms with Crippen LogP contribution in [-0.2, 0) is 12.8 Å². The summed E-state index contributed by atoms with van der Waals surface area (Å²) in [5.41, 5.74) is 3.58. The SMILES string of the molecule is Cl.O=c1[nH]c([C@@H]2CC[C@H](N3CCN(c4cccc(F)c4)CC3)C2)nc2c1CC1(CC2)CC1. The summed E-state index contributed by atoms with van der Waals surface area (Å²) in [5.74, 6) is 1.12. The van der Waals surface area contributed by atoms with Crippen molar-refractivity contribution >= 4 is 18.1 Å². The van der Waals surface area contributed by atoms with Gasteiger partial charge in [-0.1, -0.05) is 6.07 Å². The Morgan fingerprint density at radius 3 is 2.66 bits per heavy atom. The van der Waals surface area contributed by atoms with Gasteiger partial charge in [0.25, 0.3) is 5.56 Å². The summed E-state index contributed by atoms with van der Waals surface area (Å²) in [6.45, 7) is 3.87. The molecule has 3 aliphatic carbocycles. The maximum Gasteiger partial charge on any atom is 0.254 e. The number of aryl methyl sites for hydroxylation is 1. The summed E-state index contributed by atoms with van der Waals surface area (Å²) in [5, 5.41) is 0. The van der Waals surface area contributed by atoms with Gasteiger partial charge in [-0.05, 0) is 75.0 Å². The molecule has 2 atom stereocenters. The van der Waals surface area contributed by atoms with Crippen LogP contribution < -0.4 is 10.5 Å². The molecule has 1 aromatic heterocycles. The molecule has 1 spiro atoms. The Kier molecular flexibility index (Phi) is 5.79. The number of anilines is 1. The standard InChI is InChI=1S/C25H31FN4O.ClH/c26-18-2-1-3-19(15-18)29-10-12-30(13-11-29)20-5-4-17(14-20)23-27-22-6-7-25(8-9-25)16-21(22)24(31)28-23;/h1-3,15,17,20H,4-14,16H2,(H,27,28,31);1H/t17-,20+;/m1./s1. The molecule has 172 valence electrons. The van der Waals surface area contributed by atoms with Crippen molar-refractivity contribution in [3.05, 3.63) is 57.5 Å². The smallest absolute Gasteiger partial charge is 0.254 e. The lowest BCUT2D eigenvalue weighted by Gasteiger charge is -2.39. The number of rotatable bonds is 3. The highest BCUT2D eigenvalue weighted by atomic mass is 35.5.